The second-order valence-corrected chi connectivity index (χ2v) is 6.07. The van der Waals surface area contributed by atoms with Crippen LogP contribution in [0.4, 0.5) is 5.00 Å². The van der Waals surface area contributed by atoms with E-state index in [1.54, 1.807) is 11.3 Å². The Balaban J connectivity index is 2.23. The number of hydrogen-bond acceptors (Lipinski definition) is 3. The summed E-state index contributed by atoms with van der Waals surface area (Å²) in [4.78, 5) is 15.3. The van der Waals surface area contributed by atoms with E-state index in [0.29, 0.717) is 6.04 Å². The number of anilines is 1. The lowest BCUT2D eigenvalue weighted by molar-refractivity contribution is -0.111. The number of hydrogen-bond donors (Lipinski definition) is 1. The number of carbonyl (C=O) groups is 1. The van der Waals surface area contributed by atoms with Gasteiger partial charge in [-0.3, -0.25) is 9.69 Å². The molecule has 1 aliphatic rings. The van der Waals surface area contributed by atoms with Crippen molar-refractivity contribution in [2.75, 3.05) is 11.9 Å². The van der Waals surface area contributed by atoms with E-state index in [4.69, 9.17) is 0 Å². The molecule has 4 heteroatoms. The molecular weight excluding hydrogens is 244 g/mol. The summed E-state index contributed by atoms with van der Waals surface area (Å²) in [6, 6.07) is 0.576. The summed E-state index contributed by atoms with van der Waals surface area (Å²) in [6.45, 7) is 12.2. The Kier molecular flexibility index (Phi) is 3.88. The van der Waals surface area contributed by atoms with Crippen LogP contribution < -0.4 is 5.32 Å². The molecule has 0 spiro atoms. The maximum Gasteiger partial charge on any atom is 0.248 e. The first-order chi connectivity index (χ1) is 8.52. The molecular formula is C14H20N2OS. The van der Waals surface area contributed by atoms with Crippen LogP contribution in [-0.4, -0.2) is 23.4 Å². The van der Waals surface area contributed by atoms with Gasteiger partial charge in [-0.2, -0.15) is 0 Å². The Morgan fingerprint density at radius 2 is 2.28 bits per heavy atom. The molecule has 0 atom stereocenters. The van der Waals surface area contributed by atoms with E-state index in [1.807, 2.05) is 0 Å². The van der Waals surface area contributed by atoms with Gasteiger partial charge in [0.15, 0.2) is 0 Å². The van der Waals surface area contributed by atoms with Crippen molar-refractivity contribution in [2.24, 2.45) is 0 Å². The van der Waals surface area contributed by atoms with Gasteiger partial charge in [0, 0.05) is 24.0 Å². The molecule has 0 aliphatic carbocycles. The maximum absolute atomic E-state index is 11.4. The zero-order chi connectivity index (χ0) is 13.3. The molecule has 0 saturated carbocycles. The highest BCUT2D eigenvalue weighted by atomic mass is 32.1. The van der Waals surface area contributed by atoms with Crippen molar-refractivity contribution in [1.82, 2.24) is 4.90 Å². The fraction of sp³-hybridized carbons (Fsp3) is 0.500. The summed E-state index contributed by atoms with van der Waals surface area (Å²) >= 11 is 1.71. The fourth-order valence-electron chi connectivity index (χ4n) is 2.30. The van der Waals surface area contributed by atoms with E-state index < -0.39 is 0 Å². The smallest absolute Gasteiger partial charge is 0.248 e. The molecule has 0 bridgehead atoms. The third-order valence-corrected chi connectivity index (χ3v) is 4.74. The minimum absolute atomic E-state index is 0.127. The standard InChI is InChI=1S/C14H20N2OS/c1-5-13(17)15-14-10(4)11-6-7-16(9(2)3)8-12(11)18-14/h5,9H,1,6-8H2,2-4H3,(H,15,17). The molecule has 2 rings (SSSR count). The second-order valence-electron chi connectivity index (χ2n) is 4.97. The van der Waals surface area contributed by atoms with Crippen molar-refractivity contribution in [3.05, 3.63) is 28.7 Å². The fourth-order valence-corrected chi connectivity index (χ4v) is 3.59. The number of rotatable bonds is 3. The molecule has 1 aromatic rings. The predicted molar refractivity (Wildman–Crippen MR) is 77.1 cm³/mol. The van der Waals surface area contributed by atoms with Crippen LogP contribution in [0.2, 0.25) is 0 Å². The molecule has 0 saturated heterocycles. The molecule has 0 aromatic carbocycles. The van der Waals surface area contributed by atoms with Gasteiger partial charge in [-0.05, 0) is 44.4 Å². The molecule has 1 N–H and O–H groups in total. The van der Waals surface area contributed by atoms with E-state index in [2.05, 4.69) is 37.6 Å². The molecule has 1 amide bonds. The lowest BCUT2D eigenvalue weighted by Gasteiger charge is -2.30. The molecule has 0 unspecified atom stereocenters. The summed E-state index contributed by atoms with van der Waals surface area (Å²) in [6.07, 6.45) is 2.40. The number of thiophene rings is 1. The molecule has 1 aliphatic heterocycles. The van der Waals surface area contributed by atoms with E-state index in [9.17, 15) is 4.79 Å². The first-order valence-electron chi connectivity index (χ1n) is 6.31. The average Bonchev–Trinajstić information content (AvgIpc) is 2.65. The first kappa shape index (κ1) is 13.3. The summed E-state index contributed by atoms with van der Waals surface area (Å²) in [7, 11) is 0. The van der Waals surface area contributed by atoms with E-state index in [-0.39, 0.29) is 5.91 Å². The minimum atomic E-state index is -0.127. The zero-order valence-electron chi connectivity index (χ0n) is 11.2. The van der Waals surface area contributed by atoms with Crippen LogP contribution in [0.1, 0.15) is 29.9 Å². The third kappa shape index (κ3) is 2.49. The van der Waals surface area contributed by atoms with Crippen LogP contribution in [-0.2, 0) is 17.8 Å². The molecule has 98 valence electrons. The topological polar surface area (TPSA) is 32.3 Å². The SMILES string of the molecule is C=CC(=O)Nc1sc2c(c1C)CCN(C(C)C)C2. The van der Waals surface area contributed by atoms with Gasteiger partial charge >= 0.3 is 0 Å². The van der Waals surface area contributed by atoms with Crippen molar-refractivity contribution in [3.8, 4) is 0 Å². The summed E-state index contributed by atoms with van der Waals surface area (Å²) in [5, 5.41) is 3.89. The van der Waals surface area contributed by atoms with E-state index in [0.717, 1.165) is 24.5 Å². The Labute approximate surface area is 112 Å². The summed E-state index contributed by atoms with van der Waals surface area (Å²) < 4.78 is 0. The highest BCUT2D eigenvalue weighted by Gasteiger charge is 2.23. The van der Waals surface area contributed by atoms with Crippen LogP contribution in [0.3, 0.4) is 0 Å². The Morgan fingerprint density at radius 1 is 1.56 bits per heavy atom. The van der Waals surface area contributed by atoms with Gasteiger partial charge in [-0.15, -0.1) is 11.3 Å². The second kappa shape index (κ2) is 5.24. The lowest BCUT2D eigenvalue weighted by Crippen LogP contribution is -2.35. The molecule has 1 aromatic heterocycles. The maximum atomic E-state index is 11.4. The van der Waals surface area contributed by atoms with Gasteiger partial charge in [-0.25, -0.2) is 0 Å². The quantitative estimate of drug-likeness (QED) is 0.851. The third-order valence-electron chi connectivity index (χ3n) is 3.50. The number of nitrogens with zero attached hydrogens (tertiary/aromatic N) is 1. The molecule has 3 nitrogen and oxygen atoms in total. The van der Waals surface area contributed by atoms with Crippen molar-refractivity contribution >= 4 is 22.2 Å². The van der Waals surface area contributed by atoms with Crippen LogP contribution in [0.25, 0.3) is 0 Å². The molecule has 2 heterocycles. The monoisotopic (exact) mass is 264 g/mol. The number of nitrogens with one attached hydrogen (secondary N) is 1. The van der Waals surface area contributed by atoms with Gasteiger partial charge < -0.3 is 5.32 Å². The van der Waals surface area contributed by atoms with Gasteiger partial charge in [0.25, 0.3) is 0 Å². The lowest BCUT2D eigenvalue weighted by atomic mass is 10.0. The van der Waals surface area contributed by atoms with Gasteiger partial charge in [-0.1, -0.05) is 6.58 Å². The van der Waals surface area contributed by atoms with Crippen molar-refractivity contribution in [3.63, 3.8) is 0 Å². The zero-order valence-corrected chi connectivity index (χ0v) is 12.1. The first-order valence-corrected chi connectivity index (χ1v) is 7.13. The van der Waals surface area contributed by atoms with Crippen molar-refractivity contribution in [1.29, 1.82) is 0 Å². The normalized spacial score (nSPS) is 15.6. The van der Waals surface area contributed by atoms with Crippen LogP contribution in [0.15, 0.2) is 12.7 Å². The number of carbonyl (C=O) groups excluding carboxylic acids is 1. The van der Waals surface area contributed by atoms with E-state index in [1.165, 1.54) is 22.1 Å². The highest BCUT2D eigenvalue weighted by Crippen LogP contribution is 2.36. The Hall–Kier alpha value is -1.13. The van der Waals surface area contributed by atoms with E-state index >= 15 is 0 Å². The Morgan fingerprint density at radius 3 is 2.89 bits per heavy atom. The summed E-state index contributed by atoms with van der Waals surface area (Å²) in [5.74, 6) is -0.127. The minimum Gasteiger partial charge on any atom is -0.314 e. The predicted octanol–water partition coefficient (Wildman–Crippen LogP) is 2.95. The molecule has 0 radical (unpaired) electrons. The Bertz CT molecular complexity index is 476. The summed E-state index contributed by atoms with van der Waals surface area (Å²) in [5.41, 5.74) is 2.66. The van der Waals surface area contributed by atoms with Crippen LogP contribution in [0, 0.1) is 6.92 Å². The molecule has 18 heavy (non-hydrogen) atoms. The van der Waals surface area contributed by atoms with Crippen molar-refractivity contribution < 1.29 is 4.79 Å². The van der Waals surface area contributed by atoms with Gasteiger partial charge in [0.05, 0.1) is 5.00 Å². The van der Waals surface area contributed by atoms with Crippen LogP contribution >= 0.6 is 11.3 Å². The van der Waals surface area contributed by atoms with Gasteiger partial charge in [0.1, 0.15) is 0 Å². The molecule has 0 fully saturated rings. The van der Waals surface area contributed by atoms with Gasteiger partial charge in [0.2, 0.25) is 5.91 Å². The van der Waals surface area contributed by atoms with Crippen LogP contribution in [0.5, 0.6) is 0 Å². The highest BCUT2D eigenvalue weighted by molar-refractivity contribution is 7.16. The average molecular weight is 264 g/mol. The number of fused-ring (bicyclic) bond motifs is 1. The largest absolute Gasteiger partial charge is 0.314 e. The number of amides is 1. The van der Waals surface area contributed by atoms with Crippen molar-refractivity contribution in [2.45, 2.75) is 39.8 Å².